The molecule has 0 spiro atoms. The summed E-state index contributed by atoms with van der Waals surface area (Å²) in [7, 11) is -3.50. The van der Waals surface area contributed by atoms with Gasteiger partial charge >= 0.3 is 0 Å². The summed E-state index contributed by atoms with van der Waals surface area (Å²) in [4.78, 5) is 11.3. The number of nitrogen functional groups attached to an aromatic ring is 1. The molecule has 0 aromatic carbocycles. The molecule has 1 aromatic heterocycles. The molecular formula is C10H15N3O3S2. The van der Waals surface area contributed by atoms with Crippen LogP contribution in [0.3, 0.4) is 0 Å². The average molecular weight is 289 g/mol. The van der Waals surface area contributed by atoms with Gasteiger partial charge in [0.25, 0.3) is 5.91 Å². The normalized spacial score (nSPS) is 22.8. The van der Waals surface area contributed by atoms with Crippen molar-refractivity contribution in [3.63, 3.8) is 0 Å². The number of hydrogen-bond donors (Lipinski definition) is 3. The first-order chi connectivity index (χ1) is 8.21. The second kappa shape index (κ2) is 4.13. The molecule has 18 heavy (non-hydrogen) atoms. The Hall–Kier alpha value is -1.28. The quantitative estimate of drug-likeness (QED) is 0.753. The van der Waals surface area contributed by atoms with Crippen LogP contribution in [0.4, 0.5) is 10.7 Å². The van der Waals surface area contributed by atoms with Crippen LogP contribution in [0.25, 0.3) is 0 Å². The number of rotatable bonds is 4. The van der Waals surface area contributed by atoms with E-state index < -0.39 is 15.7 Å². The van der Waals surface area contributed by atoms with Gasteiger partial charge in [0.1, 0.15) is 14.8 Å². The number of nitrogens with two attached hydrogens (primary N) is 2. The van der Waals surface area contributed by atoms with Crippen molar-refractivity contribution in [2.75, 3.05) is 17.3 Å². The lowest BCUT2D eigenvalue weighted by molar-refractivity contribution is 0.100. The van der Waals surface area contributed by atoms with Gasteiger partial charge < -0.3 is 16.8 Å². The van der Waals surface area contributed by atoms with E-state index in [9.17, 15) is 13.2 Å². The minimum absolute atomic E-state index is 0.0135. The van der Waals surface area contributed by atoms with Crippen molar-refractivity contribution < 1.29 is 13.2 Å². The van der Waals surface area contributed by atoms with E-state index in [4.69, 9.17) is 11.5 Å². The minimum Gasteiger partial charge on any atom is -0.396 e. The first kappa shape index (κ1) is 13.2. The molecule has 1 aromatic rings. The van der Waals surface area contributed by atoms with Crippen molar-refractivity contribution in [3.05, 3.63) is 4.88 Å². The number of amides is 1. The van der Waals surface area contributed by atoms with Crippen molar-refractivity contribution >= 4 is 37.8 Å². The van der Waals surface area contributed by atoms with E-state index in [0.29, 0.717) is 10.9 Å². The van der Waals surface area contributed by atoms with Crippen LogP contribution in [0, 0.1) is 5.92 Å². The molecule has 1 fully saturated rings. The van der Waals surface area contributed by atoms with Gasteiger partial charge in [-0.15, -0.1) is 11.3 Å². The number of carbonyl (C=O) groups excluding carboxylic acids is 1. The molecule has 8 heteroatoms. The van der Waals surface area contributed by atoms with Gasteiger partial charge in [-0.05, 0) is 12.3 Å². The topological polar surface area (TPSA) is 115 Å². The smallest absolute Gasteiger partial charge is 0.261 e. The zero-order valence-corrected chi connectivity index (χ0v) is 11.7. The zero-order chi connectivity index (χ0) is 13.7. The van der Waals surface area contributed by atoms with Gasteiger partial charge in [0.15, 0.2) is 9.84 Å². The molecule has 0 saturated heterocycles. The lowest BCUT2D eigenvalue weighted by Gasteiger charge is -2.05. The summed E-state index contributed by atoms with van der Waals surface area (Å²) in [6.07, 6.45) is 2.05. The Bertz CT molecular complexity index is 606. The van der Waals surface area contributed by atoms with E-state index >= 15 is 0 Å². The highest BCUT2D eigenvalue weighted by Crippen LogP contribution is 2.42. The van der Waals surface area contributed by atoms with Crippen molar-refractivity contribution in [1.29, 1.82) is 0 Å². The van der Waals surface area contributed by atoms with E-state index in [2.05, 4.69) is 12.2 Å². The molecule has 0 aliphatic heterocycles. The predicted octanol–water partition coefficient (Wildman–Crippen LogP) is 0.653. The van der Waals surface area contributed by atoms with E-state index in [1.54, 1.807) is 0 Å². The monoisotopic (exact) mass is 289 g/mol. The molecule has 1 aliphatic carbocycles. The van der Waals surface area contributed by atoms with Crippen molar-refractivity contribution in [3.8, 4) is 0 Å². The molecule has 2 unspecified atom stereocenters. The Labute approximate surface area is 109 Å². The molecule has 1 aliphatic rings. The maximum Gasteiger partial charge on any atom is 0.261 e. The van der Waals surface area contributed by atoms with Crippen LogP contribution in [0.1, 0.15) is 23.0 Å². The molecule has 2 rings (SSSR count). The highest BCUT2D eigenvalue weighted by molar-refractivity contribution is 7.91. The molecule has 6 nitrogen and oxygen atoms in total. The lowest BCUT2D eigenvalue weighted by Crippen LogP contribution is -2.12. The Morgan fingerprint density at radius 3 is 2.44 bits per heavy atom. The number of carbonyl (C=O) groups is 1. The van der Waals surface area contributed by atoms with Gasteiger partial charge in [-0.3, -0.25) is 4.79 Å². The van der Waals surface area contributed by atoms with Gasteiger partial charge in [0.05, 0.1) is 5.69 Å². The van der Waals surface area contributed by atoms with Crippen LogP contribution in [0.5, 0.6) is 0 Å². The molecule has 0 bridgehead atoms. The summed E-state index contributed by atoms with van der Waals surface area (Å²) >= 11 is 1.00. The van der Waals surface area contributed by atoms with Gasteiger partial charge in [-0.2, -0.15) is 0 Å². The zero-order valence-electron chi connectivity index (χ0n) is 10.1. The third-order valence-electron chi connectivity index (χ3n) is 2.92. The Morgan fingerprint density at radius 2 is 2.06 bits per heavy atom. The molecule has 2 atom stereocenters. The third-order valence-corrected chi connectivity index (χ3v) is 5.37. The maximum absolute atomic E-state index is 11.7. The number of nitrogens with one attached hydrogen (secondary N) is 1. The van der Waals surface area contributed by atoms with Crippen molar-refractivity contribution in [2.45, 2.75) is 24.3 Å². The molecule has 5 N–H and O–H groups in total. The fraction of sp³-hybridized carbons (Fsp3) is 0.500. The third kappa shape index (κ3) is 2.30. The number of hydrogen-bond acceptors (Lipinski definition) is 6. The summed E-state index contributed by atoms with van der Waals surface area (Å²) < 4.78 is 23.5. The minimum atomic E-state index is -3.50. The number of sulfone groups is 1. The first-order valence-corrected chi connectivity index (χ1v) is 8.11. The molecule has 1 heterocycles. The van der Waals surface area contributed by atoms with Crippen LogP contribution in [0.2, 0.25) is 0 Å². The summed E-state index contributed by atoms with van der Waals surface area (Å²) in [5, 5.41) is 3.52. The van der Waals surface area contributed by atoms with E-state index in [0.717, 1.165) is 24.0 Å². The van der Waals surface area contributed by atoms with Crippen LogP contribution < -0.4 is 16.8 Å². The highest BCUT2D eigenvalue weighted by Gasteiger charge is 2.35. The molecule has 0 radical (unpaired) electrons. The van der Waals surface area contributed by atoms with E-state index in [-0.39, 0.29) is 21.5 Å². The van der Waals surface area contributed by atoms with Crippen LogP contribution >= 0.6 is 11.3 Å². The summed E-state index contributed by atoms with van der Waals surface area (Å²) in [6.45, 7) is 2.06. The highest BCUT2D eigenvalue weighted by atomic mass is 32.2. The lowest BCUT2D eigenvalue weighted by atomic mass is 10.4. The summed E-state index contributed by atoms with van der Waals surface area (Å²) in [5.74, 6) is -0.211. The fourth-order valence-electron chi connectivity index (χ4n) is 1.77. The van der Waals surface area contributed by atoms with Crippen molar-refractivity contribution in [2.24, 2.45) is 11.7 Å². The first-order valence-electron chi connectivity index (χ1n) is 5.40. The number of anilines is 2. The molecule has 1 saturated carbocycles. The Balaban J connectivity index is 2.50. The average Bonchev–Trinajstić information content (AvgIpc) is 2.74. The predicted molar refractivity (Wildman–Crippen MR) is 71.6 cm³/mol. The van der Waals surface area contributed by atoms with Crippen LogP contribution in [0.15, 0.2) is 4.90 Å². The Morgan fingerprint density at radius 1 is 1.50 bits per heavy atom. The van der Waals surface area contributed by atoms with E-state index in [1.807, 2.05) is 0 Å². The van der Waals surface area contributed by atoms with Gasteiger partial charge in [0, 0.05) is 12.3 Å². The van der Waals surface area contributed by atoms with E-state index in [1.165, 1.54) is 0 Å². The summed E-state index contributed by atoms with van der Waals surface area (Å²) in [6, 6.07) is 0.240. The molecule has 100 valence electrons. The van der Waals surface area contributed by atoms with Gasteiger partial charge in [-0.1, -0.05) is 6.92 Å². The van der Waals surface area contributed by atoms with Crippen LogP contribution in [-0.2, 0) is 9.84 Å². The van der Waals surface area contributed by atoms with Gasteiger partial charge in [0.2, 0.25) is 0 Å². The van der Waals surface area contributed by atoms with Gasteiger partial charge in [-0.25, -0.2) is 8.42 Å². The SMILES string of the molecule is CC1CC1Nc1sc(C(N)=O)c(N)c1S(C)(=O)=O. The Kier molecular flexibility index (Phi) is 3.02. The van der Waals surface area contributed by atoms with Crippen molar-refractivity contribution in [1.82, 2.24) is 0 Å². The van der Waals surface area contributed by atoms with Crippen LogP contribution in [-0.4, -0.2) is 26.6 Å². The fourth-order valence-corrected chi connectivity index (χ4v) is 4.24. The second-order valence-electron chi connectivity index (χ2n) is 4.60. The standard InChI is InChI=1S/C10H15N3O3S2/c1-4-3-5(4)13-10-8(18(2,15)16)6(11)7(17-10)9(12)14/h4-5,13H,3,11H2,1-2H3,(H2,12,14). The summed E-state index contributed by atoms with van der Waals surface area (Å²) in [5.41, 5.74) is 10.8. The molecular weight excluding hydrogens is 274 g/mol. The molecule has 1 amide bonds. The number of thiophene rings is 1. The number of primary amides is 1. The maximum atomic E-state index is 11.7. The largest absolute Gasteiger partial charge is 0.396 e. The second-order valence-corrected chi connectivity index (χ2v) is 7.58.